The number of rotatable bonds is 7. The Labute approximate surface area is 190 Å². The molecule has 3 aromatic rings. The SMILES string of the molecule is CCOC(=O)C1=NN(c2ccccc2)C(C(=O)NC(C)c2nc(-c3ccccc3)cs2)C1. The molecule has 1 aromatic heterocycles. The zero-order valence-corrected chi connectivity index (χ0v) is 18.7. The number of hydrogen-bond acceptors (Lipinski definition) is 7. The summed E-state index contributed by atoms with van der Waals surface area (Å²) in [6.07, 6.45) is 0.180. The van der Waals surface area contributed by atoms with Crippen molar-refractivity contribution in [3.63, 3.8) is 0 Å². The van der Waals surface area contributed by atoms with Crippen molar-refractivity contribution in [2.45, 2.75) is 32.4 Å². The van der Waals surface area contributed by atoms with E-state index in [9.17, 15) is 9.59 Å². The van der Waals surface area contributed by atoms with Crippen molar-refractivity contribution in [3.05, 3.63) is 71.1 Å². The van der Waals surface area contributed by atoms with Crippen molar-refractivity contribution >= 4 is 34.6 Å². The average molecular weight is 449 g/mol. The van der Waals surface area contributed by atoms with Crippen LogP contribution < -0.4 is 10.3 Å². The van der Waals surface area contributed by atoms with Gasteiger partial charge in [-0.3, -0.25) is 9.80 Å². The lowest BCUT2D eigenvalue weighted by atomic mass is 10.1. The lowest BCUT2D eigenvalue weighted by molar-refractivity contribution is -0.135. The summed E-state index contributed by atoms with van der Waals surface area (Å²) in [5.74, 6) is -0.718. The molecule has 4 rings (SSSR count). The van der Waals surface area contributed by atoms with Crippen LogP contribution in [-0.2, 0) is 14.3 Å². The lowest BCUT2D eigenvalue weighted by Crippen LogP contribution is -2.43. The molecule has 7 nitrogen and oxygen atoms in total. The molecule has 0 spiro atoms. The van der Waals surface area contributed by atoms with Crippen LogP contribution in [0.15, 0.2) is 71.1 Å². The Morgan fingerprint density at radius 2 is 1.84 bits per heavy atom. The Morgan fingerprint density at radius 3 is 2.53 bits per heavy atom. The van der Waals surface area contributed by atoms with Gasteiger partial charge in [0.25, 0.3) is 0 Å². The van der Waals surface area contributed by atoms with Crippen LogP contribution in [0.5, 0.6) is 0 Å². The molecule has 0 aliphatic carbocycles. The minimum atomic E-state index is -0.646. The fourth-order valence-electron chi connectivity index (χ4n) is 3.47. The molecule has 0 fully saturated rings. The molecule has 1 amide bonds. The number of esters is 1. The van der Waals surface area contributed by atoms with E-state index in [0.29, 0.717) is 0 Å². The standard InChI is InChI=1S/C24H24N4O3S/c1-3-31-24(30)19-14-21(28(27-19)18-12-8-5-9-13-18)22(29)25-16(2)23-26-20(15-32-23)17-10-6-4-7-11-17/h4-13,15-16,21H,3,14H2,1-2H3,(H,25,29). The van der Waals surface area contributed by atoms with Gasteiger partial charge in [-0.05, 0) is 26.0 Å². The fraction of sp³-hybridized carbons (Fsp3) is 0.250. The van der Waals surface area contributed by atoms with Gasteiger partial charge in [0.15, 0.2) is 0 Å². The van der Waals surface area contributed by atoms with E-state index >= 15 is 0 Å². The number of nitrogens with one attached hydrogen (secondary N) is 1. The van der Waals surface area contributed by atoms with Crippen LogP contribution in [0.25, 0.3) is 11.3 Å². The Hall–Kier alpha value is -3.52. The van der Waals surface area contributed by atoms with Crippen LogP contribution in [-0.4, -0.2) is 35.2 Å². The number of nitrogens with zero attached hydrogens (tertiary/aromatic N) is 3. The molecule has 0 radical (unpaired) electrons. The summed E-state index contributed by atoms with van der Waals surface area (Å²) in [5, 5.41) is 11.8. The number of carbonyl (C=O) groups excluding carboxylic acids is 2. The van der Waals surface area contributed by atoms with Gasteiger partial charge in [0.1, 0.15) is 16.8 Å². The molecule has 32 heavy (non-hydrogen) atoms. The summed E-state index contributed by atoms with van der Waals surface area (Å²) < 4.78 is 5.10. The van der Waals surface area contributed by atoms with E-state index < -0.39 is 12.0 Å². The number of carbonyl (C=O) groups is 2. The number of aromatic nitrogens is 1. The summed E-state index contributed by atoms with van der Waals surface area (Å²) in [6, 6.07) is 18.3. The molecule has 2 heterocycles. The lowest BCUT2D eigenvalue weighted by Gasteiger charge is -2.24. The number of ether oxygens (including phenoxy) is 1. The first-order chi connectivity index (χ1) is 15.6. The largest absolute Gasteiger partial charge is 0.461 e. The Kier molecular flexibility index (Phi) is 6.61. The van der Waals surface area contributed by atoms with Crippen molar-refractivity contribution in [1.82, 2.24) is 10.3 Å². The first-order valence-electron chi connectivity index (χ1n) is 10.5. The number of thiazole rings is 1. The van der Waals surface area contributed by atoms with E-state index in [1.54, 1.807) is 11.9 Å². The van der Waals surface area contributed by atoms with Gasteiger partial charge in [0.2, 0.25) is 5.91 Å². The van der Waals surface area contributed by atoms with Crippen LogP contribution in [0.2, 0.25) is 0 Å². The van der Waals surface area contributed by atoms with Crippen molar-refractivity contribution in [2.75, 3.05) is 11.6 Å². The van der Waals surface area contributed by atoms with Crippen molar-refractivity contribution in [1.29, 1.82) is 0 Å². The van der Waals surface area contributed by atoms with Crippen LogP contribution in [0.3, 0.4) is 0 Å². The first-order valence-corrected chi connectivity index (χ1v) is 11.3. The maximum atomic E-state index is 13.2. The van der Waals surface area contributed by atoms with E-state index in [1.165, 1.54) is 11.3 Å². The smallest absolute Gasteiger partial charge is 0.354 e. The minimum Gasteiger partial charge on any atom is -0.461 e. The molecular weight excluding hydrogens is 424 g/mol. The topological polar surface area (TPSA) is 83.9 Å². The highest BCUT2D eigenvalue weighted by atomic mass is 32.1. The van der Waals surface area contributed by atoms with E-state index in [1.807, 2.05) is 73.0 Å². The van der Waals surface area contributed by atoms with E-state index in [-0.39, 0.29) is 30.7 Å². The van der Waals surface area contributed by atoms with Gasteiger partial charge in [0, 0.05) is 17.4 Å². The predicted octanol–water partition coefficient (Wildman–Crippen LogP) is 4.19. The van der Waals surface area contributed by atoms with Gasteiger partial charge in [-0.2, -0.15) is 5.10 Å². The molecule has 1 aliphatic heterocycles. The molecule has 2 unspecified atom stereocenters. The van der Waals surface area contributed by atoms with Crippen LogP contribution in [0.4, 0.5) is 5.69 Å². The number of amides is 1. The quantitative estimate of drug-likeness (QED) is 0.548. The number of hydrogen-bond donors (Lipinski definition) is 1. The second-order valence-corrected chi connectivity index (χ2v) is 8.22. The van der Waals surface area contributed by atoms with Gasteiger partial charge < -0.3 is 10.1 Å². The highest BCUT2D eigenvalue weighted by molar-refractivity contribution is 7.10. The molecule has 8 heteroatoms. The molecule has 2 atom stereocenters. The normalized spacial score (nSPS) is 16.4. The number of benzene rings is 2. The highest BCUT2D eigenvalue weighted by Gasteiger charge is 2.37. The van der Waals surface area contributed by atoms with Crippen molar-refractivity contribution < 1.29 is 14.3 Å². The van der Waals surface area contributed by atoms with E-state index in [0.717, 1.165) is 22.0 Å². The monoisotopic (exact) mass is 448 g/mol. The molecule has 1 N–H and O–H groups in total. The van der Waals surface area contributed by atoms with Crippen molar-refractivity contribution in [2.24, 2.45) is 5.10 Å². The van der Waals surface area contributed by atoms with E-state index in [2.05, 4.69) is 10.4 Å². The zero-order valence-electron chi connectivity index (χ0n) is 17.9. The van der Waals surface area contributed by atoms with Crippen LogP contribution >= 0.6 is 11.3 Å². The van der Waals surface area contributed by atoms with Gasteiger partial charge in [-0.15, -0.1) is 11.3 Å². The summed E-state index contributed by atoms with van der Waals surface area (Å²) in [5.41, 5.74) is 2.89. The van der Waals surface area contributed by atoms with Crippen LogP contribution in [0, 0.1) is 0 Å². The first kappa shape index (κ1) is 21.7. The molecule has 1 aliphatic rings. The molecule has 0 bridgehead atoms. The summed E-state index contributed by atoms with van der Waals surface area (Å²) in [4.78, 5) is 30.2. The van der Waals surface area contributed by atoms with Crippen molar-refractivity contribution in [3.8, 4) is 11.3 Å². The Bertz CT molecular complexity index is 1110. The second kappa shape index (κ2) is 9.74. The third kappa shape index (κ3) is 4.70. The molecule has 2 aromatic carbocycles. The number of para-hydroxylation sites is 1. The number of anilines is 1. The third-order valence-electron chi connectivity index (χ3n) is 5.07. The van der Waals surface area contributed by atoms with Gasteiger partial charge in [-0.25, -0.2) is 9.78 Å². The van der Waals surface area contributed by atoms with Gasteiger partial charge in [0.05, 0.1) is 24.0 Å². The maximum Gasteiger partial charge on any atom is 0.354 e. The maximum absolute atomic E-state index is 13.2. The van der Waals surface area contributed by atoms with Crippen LogP contribution in [0.1, 0.15) is 31.3 Å². The summed E-state index contributed by atoms with van der Waals surface area (Å²) >= 11 is 1.50. The number of hydrazone groups is 1. The van der Waals surface area contributed by atoms with Gasteiger partial charge >= 0.3 is 5.97 Å². The van der Waals surface area contributed by atoms with Gasteiger partial charge in [-0.1, -0.05) is 48.5 Å². The predicted molar refractivity (Wildman–Crippen MR) is 126 cm³/mol. The molecule has 0 saturated carbocycles. The molecule has 0 saturated heterocycles. The second-order valence-electron chi connectivity index (χ2n) is 7.33. The minimum absolute atomic E-state index is 0.180. The summed E-state index contributed by atoms with van der Waals surface area (Å²) in [7, 11) is 0. The third-order valence-corrected chi connectivity index (χ3v) is 6.09. The van der Waals surface area contributed by atoms with E-state index in [4.69, 9.17) is 9.72 Å². The summed E-state index contributed by atoms with van der Waals surface area (Å²) in [6.45, 7) is 3.90. The fourth-order valence-corrected chi connectivity index (χ4v) is 4.31. The Balaban J connectivity index is 1.50. The molecule has 164 valence electrons. The molecular formula is C24H24N4O3S. The Morgan fingerprint density at radius 1 is 1.16 bits per heavy atom. The highest BCUT2D eigenvalue weighted by Crippen LogP contribution is 2.28. The average Bonchev–Trinajstić information content (AvgIpc) is 3.49. The zero-order chi connectivity index (χ0) is 22.5.